The third-order valence-electron chi connectivity index (χ3n) is 6.22. The fourth-order valence-electron chi connectivity index (χ4n) is 4.46. The minimum absolute atomic E-state index is 0.0190. The molecule has 1 aromatic heterocycles. The van der Waals surface area contributed by atoms with Gasteiger partial charge in [-0.1, -0.05) is 55.5 Å². The monoisotopic (exact) mass is 436 g/mol. The van der Waals surface area contributed by atoms with Crippen LogP contribution in [0, 0.1) is 5.92 Å². The highest BCUT2D eigenvalue weighted by Crippen LogP contribution is 2.27. The van der Waals surface area contributed by atoms with Crippen LogP contribution < -0.4 is 10.2 Å². The number of rotatable bonds is 5. The smallest absolute Gasteiger partial charge is 0.228 e. The summed E-state index contributed by atoms with van der Waals surface area (Å²) in [5.41, 5.74) is 5.77. The maximum absolute atomic E-state index is 12.3. The van der Waals surface area contributed by atoms with Crippen molar-refractivity contribution in [2.75, 3.05) is 23.3 Å². The topological polar surface area (TPSA) is 58.1 Å². The molecule has 5 heteroatoms. The Morgan fingerprint density at radius 3 is 2.58 bits per heavy atom. The molecular formula is C28H28N4O. The van der Waals surface area contributed by atoms with Crippen LogP contribution >= 0.6 is 0 Å². The molecule has 1 aliphatic heterocycles. The largest absolute Gasteiger partial charge is 0.355 e. The van der Waals surface area contributed by atoms with Gasteiger partial charge in [-0.25, -0.2) is 4.98 Å². The lowest BCUT2D eigenvalue weighted by Crippen LogP contribution is -2.34. The molecule has 4 aromatic rings. The van der Waals surface area contributed by atoms with Gasteiger partial charge >= 0.3 is 0 Å². The minimum Gasteiger partial charge on any atom is -0.355 e. The second-order valence-corrected chi connectivity index (χ2v) is 8.91. The van der Waals surface area contributed by atoms with E-state index in [1.807, 2.05) is 66.9 Å². The van der Waals surface area contributed by atoms with Crippen molar-refractivity contribution in [3.63, 3.8) is 0 Å². The van der Waals surface area contributed by atoms with Crippen molar-refractivity contribution in [1.82, 2.24) is 9.97 Å². The van der Waals surface area contributed by atoms with Gasteiger partial charge in [0.1, 0.15) is 5.82 Å². The summed E-state index contributed by atoms with van der Waals surface area (Å²) in [6.45, 7) is 4.38. The van der Waals surface area contributed by atoms with Gasteiger partial charge in [-0.3, -0.25) is 9.78 Å². The number of hydrogen-bond acceptors (Lipinski definition) is 4. The van der Waals surface area contributed by atoms with Crippen LogP contribution in [0.4, 0.5) is 11.5 Å². The van der Waals surface area contributed by atoms with Gasteiger partial charge in [0, 0.05) is 18.8 Å². The first-order valence-electron chi connectivity index (χ1n) is 11.6. The normalized spacial score (nSPS) is 16.0. The van der Waals surface area contributed by atoms with E-state index in [1.165, 1.54) is 12.8 Å². The molecule has 5 nitrogen and oxygen atoms in total. The number of benzene rings is 3. The molecule has 1 unspecified atom stereocenters. The molecule has 0 radical (unpaired) electrons. The van der Waals surface area contributed by atoms with E-state index in [1.54, 1.807) is 0 Å². The number of piperidine rings is 1. The molecule has 166 valence electrons. The van der Waals surface area contributed by atoms with Crippen molar-refractivity contribution in [3.8, 4) is 11.1 Å². The van der Waals surface area contributed by atoms with Crippen LogP contribution in [0.15, 0.2) is 79.0 Å². The molecule has 33 heavy (non-hydrogen) atoms. The number of fused-ring (bicyclic) bond motifs is 1. The lowest BCUT2D eigenvalue weighted by Gasteiger charge is -2.31. The van der Waals surface area contributed by atoms with Gasteiger partial charge in [0.2, 0.25) is 5.91 Å². The molecule has 1 saturated heterocycles. The van der Waals surface area contributed by atoms with Gasteiger partial charge in [-0.2, -0.15) is 0 Å². The van der Waals surface area contributed by atoms with E-state index < -0.39 is 0 Å². The lowest BCUT2D eigenvalue weighted by atomic mass is 10.0. The van der Waals surface area contributed by atoms with E-state index in [0.29, 0.717) is 12.3 Å². The number of nitrogens with zero attached hydrogens (tertiary/aromatic N) is 3. The van der Waals surface area contributed by atoms with E-state index >= 15 is 0 Å². The van der Waals surface area contributed by atoms with Gasteiger partial charge in [0.05, 0.1) is 23.7 Å². The average Bonchev–Trinajstić information content (AvgIpc) is 2.84. The fourth-order valence-corrected chi connectivity index (χ4v) is 4.46. The number of aromatic nitrogens is 2. The molecule has 1 aliphatic rings. The Morgan fingerprint density at radius 2 is 1.79 bits per heavy atom. The quantitative estimate of drug-likeness (QED) is 0.435. The highest BCUT2D eigenvalue weighted by atomic mass is 16.1. The fraction of sp³-hybridized carbons (Fsp3) is 0.250. The van der Waals surface area contributed by atoms with E-state index in [9.17, 15) is 4.79 Å². The zero-order valence-electron chi connectivity index (χ0n) is 18.9. The zero-order valence-corrected chi connectivity index (χ0v) is 18.9. The van der Waals surface area contributed by atoms with Crippen molar-refractivity contribution < 1.29 is 4.79 Å². The van der Waals surface area contributed by atoms with Crippen LogP contribution in [0.1, 0.15) is 25.3 Å². The summed E-state index contributed by atoms with van der Waals surface area (Å²) in [5.74, 6) is 1.63. The maximum Gasteiger partial charge on any atom is 0.228 e. The van der Waals surface area contributed by atoms with Crippen molar-refractivity contribution in [3.05, 3.63) is 84.6 Å². The molecule has 2 heterocycles. The van der Waals surface area contributed by atoms with Crippen molar-refractivity contribution in [1.29, 1.82) is 0 Å². The van der Waals surface area contributed by atoms with Gasteiger partial charge < -0.3 is 10.2 Å². The summed E-state index contributed by atoms with van der Waals surface area (Å²) in [7, 11) is 0. The van der Waals surface area contributed by atoms with E-state index in [2.05, 4.69) is 34.3 Å². The predicted octanol–water partition coefficient (Wildman–Crippen LogP) is 5.71. The highest BCUT2D eigenvalue weighted by molar-refractivity contribution is 5.92. The molecule has 1 N–H and O–H groups in total. The molecule has 0 aliphatic carbocycles. The van der Waals surface area contributed by atoms with E-state index in [4.69, 9.17) is 4.98 Å². The van der Waals surface area contributed by atoms with Crippen molar-refractivity contribution >= 4 is 28.4 Å². The van der Waals surface area contributed by atoms with Crippen LogP contribution in [0.3, 0.4) is 0 Å². The molecule has 0 saturated carbocycles. The summed E-state index contributed by atoms with van der Waals surface area (Å²) in [4.78, 5) is 24.3. The summed E-state index contributed by atoms with van der Waals surface area (Å²) in [6, 6.07) is 23.9. The first kappa shape index (κ1) is 21.1. The van der Waals surface area contributed by atoms with Gasteiger partial charge in [-0.05, 0) is 59.7 Å². The van der Waals surface area contributed by atoms with E-state index in [-0.39, 0.29) is 5.91 Å². The Hall–Kier alpha value is -3.73. The van der Waals surface area contributed by atoms with Crippen molar-refractivity contribution in [2.45, 2.75) is 26.2 Å². The van der Waals surface area contributed by atoms with Gasteiger partial charge in [0.15, 0.2) is 0 Å². The molecule has 1 amide bonds. The van der Waals surface area contributed by atoms with Crippen LogP contribution in [0.5, 0.6) is 0 Å². The zero-order chi connectivity index (χ0) is 22.6. The highest BCUT2D eigenvalue weighted by Gasteiger charge is 2.18. The SMILES string of the molecule is CC1CCCN(c2cnc3ccc(-c4ccc(NC(=O)Cc5ccccc5)cc4)cc3n2)C1. The molecule has 1 atom stereocenters. The average molecular weight is 437 g/mol. The number of carbonyl (C=O) groups is 1. The predicted molar refractivity (Wildman–Crippen MR) is 134 cm³/mol. The molecule has 3 aromatic carbocycles. The summed E-state index contributed by atoms with van der Waals surface area (Å²) in [6.07, 6.45) is 4.75. The standard InChI is InChI=1S/C28H28N4O/c1-20-6-5-15-32(19-20)27-18-29-25-14-11-23(17-26(25)31-27)22-9-12-24(13-10-22)30-28(33)16-21-7-3-2-4-8-21/h2-4,7-14,17-18,20H,5-6,15-16,19H2,1H3,(H,30,33). The number of amides is 1. The Balaban J connectivity index is 1.31. The molecule has 5 rings (SSSR count). The second-order valence-electron chi connectivity index (χ2n) is 8.91. The van der Waals surface area contributed by atoms with Crippen LogP contribution in [0.25, 0.3) is 22.2 Å². The lowest BCUT2D eigenvalue weighted by molar-refractivity contribution is -0.115. The van der Waals surface area contributed by atoms with Crippen LogP contribution in [0.2, 0.25) is 0 Å². The molecule has 0 bridgehead atoms. The molecule has 1 fully saturated rings. The number of anilines is 2. The van der Waals surface area contributed by atoms with Crippen LogP contribution in [-0.2, 0) is 11.2 Å². The summed E-state index contributed by atoms with van der Waals surface area (Å²) < 4.78 is 0. The van der Waals surface area contributed by atoms with Gasteiger partial charge in [0.25, 0.3) is 0 Å². The van der Waals surface area contributed by atoms with Crippen LogP contribution in [-0.4, -0.2) is 29.0 Å². The first-order chi connectivity index (χ1) is 16.1. The molecular weight excluding hydrogens is 408 g/mol. The third-order valence-corrected chi connectivity index (χ3v) is 6.22. The summed E-state index contributed by atoms with van der Waals surface area (Å²) >= 11 is 0. The number of nitrogens with one attached hydrogen (secondary N) is 1. The number of hydrogen-bond donors (Lipinski definition) is 1. The Labute approximate surface area is 194 Å². The minimum atomic E-state index is -0.0190. The molecule has 0 spiro atoms. The van der Waals surface area contributed by atoms with Crippen molar-refractivity contribution in [2.24, 2.45) is 5.92 Å². The van der Waals surface area contributed by atoms with E-state index in [0.717, 1.165) is 52.3 Å². The Kier molecular flexibility index (Phi) is 6.03. The Morgan fingerprint density at radius 1 is 1.00 bits per heavy atom. The third kappa shape index (κ3) is 5.03. The second kappa shape index (κ2) is 9.41. The van der Waals surface area contributed by atoms with Gasteiger partial charge in [-0.15, -0.1) is 0 Å². The summed E-state index contributed by atoms with van der Waals surface area (Å²) in [5, 5.41) is 2.98. The first-order valence-corrected chi connectivity index (χ1v) is 11.6. The maximum atomic E-state index is 12.3. The Bertz CT molecular complexity index is 1250. The number of carbonyl (C=O) groups excluding carboxylic acids is 1.